The van der Waals surface area contributed by atoms with E-state index in [1.165, 1.54) is 11.1 Å². The van der Waals surface area contributed by atoms with Gasteiger partial charge in [-0.2, -0.15) is 0 Å². The molecule has 0 aliphatic heterocycles. The minimum atomic E-state index is 0.989. The molecule has 0 radical (unpaired) electrons. The first-order chi connectivity index (χ1) is 4.83. The van der Waals surface area contributed by atoms with Gasteiger partial charge in [0.25, 0.3) is 0 Å². The predicted molar refractivity (Wildman–Crippen MR) is 51.5 cm³/mol. The summed E-state index contributed by atoms with van der Waals surface area (Å²) in [4.78, 5) is 0. The van der Waals surface area contributed by atoms with E-state index in [0.29, 0.717) is 0 Å². The Hall–Kier alpha value is -0.0800. The lowest BCUT2D eigenvalue weighted by molar-refractivity contribution is 1.37. The summed E-state index contributed by atoms with van der Waals surface area (Å²) in [6.07, 6.45) is 0. The molecule has 0 amide bonds. The van der Waals surface area contributed by atoms with Gasteiger partial charge in [0.05, 0.1) is 0 Å². The van der Waals surface area contributed by atoms with E-state index in [2.05, 4.69) is 42.9 Å². The molecule has 2 heteroatoms. The van der Waals surface area contributed by atoms with E-state index in [1.807, 2.05) is 0 Å². The molecule has 0 unspecified atom stereocenters. The van der Waals surface area contributed by atoms with Crippen molar-refractivity contribution in [2.45, 2.75) is 12.7 Å². The zero-order chi connectivity index (χ0) is 7.40. The molecule has 0 heterocycles. The monoisotopic (exact) mass is 170 g/mol. The van der Waals surface area contributed by atoms with Crippen molar-refractivity contribution in [2.75, 3.05) is 0 Å². The second-order valence-electron chi connectivity index (χ2n) is 2.26. The number of rotatable bonds is 2. The lowest BCUT2D eigenvalue weighted by atomic mass is 10.2. The zero-order valence-electron chi connectivity index (χ0n) is 5.87. The summed E-state index contributed by atoms with van der Waals surface area (Å²) in [6, 6.07) is 8.52. The largest absolute Gasteiger partial charge is 0.111 e. The molecule has 1 rings (SSSR count). The van der Waals surface area contributed by atoms with Gasteiger partial charge in [-0.25, -0.2) is 0 Å². The SMILES string of the molecule is Cc1ccc(CSS)cc1. The van der Waals surface area contributed by atoms with Crippen LogP contribution < -0.4 is 0 Å². The summed E-state index contributed by atoms with van der Waals surface area (Å²) in [5, 5.41) is 0. The first kappa shape index (κ1) is 8.02. The molecule has 10 heavy (non-hydrogen) atoms. The first-order valence-electron chi connectivity index (χ1n) is 3.15. The van der Waals surface area contributed by atoms with Gasteiger partial charge in [0.2, 0.25) is 0 Å². The highest BCUT2D eigenvalue weighted by atomic mass is 33.1. The van der Waals surface area contributed by atoms with Crippen LogP contribution >= 0.6 is 22.5 Å². The first-order valence-corrected chi connectivity index (χ1v) is 5.18. The van der Waals surface area contributed by atoms with Crippen LogP contribution in [-0.4, -0.2) is 0 Å². The number of aryl methyl sites for hydroxylation is 1. The molecule has 0 saturated carbocycles. The molecule has 1 aromatic rings. The Balaban J connectivity index is 2.69. The molecule has 0 nitrogen and oxygen atoms in total. The van der Waals surface area contributed by atoms with Crippen molar-refractivity contribution in [3.63, 3.8) is 0 Å². The molecular weight excluding hydrogens is 160 g/mol. The molecule has 0 aliphatic carbocycles. The summed E-state index contributed by atoms with van der Waals surface area (Å²) >= 11 is 4.07. The topological polar surface area (TPSA) is 0 Å². The van der Waals surface area contributed by atoms with Gasteiger partial charge in [0, 0.05) is 5.75 Å². The Morgan fingerprint density at radius 3 is 2.40 bits per heavy atom. The number of hydrogen-bond acceptors (Lipinski definition) is 2. The fraction of sp³-hybridized carbons (Fsp3) is 0.250. The van der Waals surface area contributed by atoms with Gasteiger partial charge >= 0.3 is 0 Å². The highest BCUT2D eigenvalue weighted by molar-refractivity contribution is 8.68. The number of hydrogen-bond donors (Lipinski definition) is 1. The smallest absolute Gasteiger partial charge is 0.0286 e. The van der Waals surface area contributed by atoms with Crippen LogP contribution in [0.2, 0.25) is 0 Å². The standard InChI is InChI=1S/C8H10S2/c1-7-2-4-8(5-3-7)6-10-9/h2-5,9H,6H2,1H3. The van der Waals surface area contributed by atoms with Gasteiger partial charge in [-0.1, -0.05) is 40.6 Å². The molecule has 54 valence electrons. The van der Waals surface area contributed by atoms with Crippen molar-refractivity contribution in [1.29, 1.82) is 0 Å². The summed E-state index contributed by atoms with van der Waals surface area (Å²) in [7, 11) is 1.56. The van der Waals surface area contributed by atoms with E-state index >= 15 is 0 Å². The molecular formula is C8H10S2. The third-order valence-corrected chi connectivity index (χ3v) is 2.20. The van der Waals surface area contributed by atoms with Crippen LogP contribution in [0.1, 0.15) is 11.1 Å². The molecule has 0 bridgehead atoms. The highest BCUT2D eigenvalue weighted by Gasteiger charge is 1.88. The Bertz CT molecular complexity index is 191. The third-order valence-electron chi connectivity index (χ3n) is 1.35. The second kappa shape index (κ2) is 3.94. The predicted octanol–water partition coefficient (Wildman–Crippen LogP) is 3.07. The van der Waals surface area contributed by atoms with Gasteiger partial charge in [0.1, 0.15) is 0 Å². The molecule has 0 fully saturated rings. The van der Waals surface area contributed by atoms with Crippen molar-refractivity contribution in [3.8, 4) is 0 Å². The Labute approximate surface area is 70.8 Å². The van der Waals surface area contributed by atoms with Crippen molar-refractivity contribution >= 4 is 22.5 Å². The highest BCUT2D eigenvalue weighted by Crippen LogP contribution is 2.14. The van der Waals surface area contributed by atoms with Crippen LogP contribution in [0.4, 0.5) is 0 Å². The fourth-order valence-corrected chi connectivity index (χ4v) is 1.55. The molecule has 0 aromatic heterocycles. The van der Waals surface area contributed by atoms with Gasteiger partial charge < -0.3 is 0 Å². The Morgan fingerprint density at radius 2 is 1.90 bits per heavy atom. The average molecular weight is 170 g/mol. The molecule has 1 aromatic carbocycles. The van der Waals surface area contributed by atoms with Crippen molar-refractivity contribution in [3.05, 3.63) is 35.4 Å². The minimum absolute atomic E-state index is 0.989. The van der Waals surface area contributed by atoms with Crippen LogP contribution in [-0.2, 0) is 5.75 Å². The minimum Gasteiger partial charge on any atom is -0.111 e. The summed E-state index contributed by atoms with van der Waals surface area (Å²) in [5.41, 5.74) is 2.65. The summed E-state index contributed by atoms with van der Waals surface area (Å²) < 4.78 is 0. The van der Waals surface area contributed by atoms with Crippen molar-refractivity contribution in [2.24, 2.45) is 0 Å². The number of thiol groups is 1. The molecule has 0 atom stereocenters. The summed E-state index contributed by atoms with van der Waals surface area (Å²) in [5.74, 6) is 0.989. The fourth-order valence-electron chi connectivity index (χ4n) is 0.759. The van der Waals surface area contributed by atoms with E-state index in [0.717, 1.165) is 5.75 Å². The van der Waals surface area contributed by atoms with Gasteiger partial charge in [-0.15, -0.1) is 11.7 Å². The number of benzene rings is 1. The maximum Gasteiger partial charge on any atom is 0.0286 e. The van der Waals surface area contributed by atoms with E-state index in [1.54, 1.807) is 10.8 Å². The van der Waals surface area contributed by atoms with Crippen LogP contribution in [0.5, 0.6) is 0 Å². The average Bonchev–Trinajstić information content (AvgIpc) is 1.95. The van der Waals surface area contributed by atoms with E-state index < -0.39 is 0 Å². The molecule has 0 aliphatic rings. The van der Waals surface area contributed by atoms with E-state index in [4.69, 9.17) is 0 Å². The zero-order valence-corrected chi connectivity index (χ0v) is 7.58. The second-order valence-corrected chi connectivity index (χ2v) is 3.58. The van der Waals surface area contributed by atoms with Crippen LogP contribution in [0.15, 0.2) is 24.3 Å². The van der Waals surface area contributed by atoms with Gasteiger partial charge in [0.15, 0.2) is 0 Å². The van der Waals surface area contributed by atoms with Crippen molar-refractivity contribution in [1.82, 2.24) is 0 Å². The quantitative estimate of drug-likeness (QED) is 0.526. The maximum atomic E-state index is 4.07. The Morgan fingerprint density at radius 1 is 1.30 bits per heavy atom. The van der Waals surface area contributed by atoms with Crippen LogP contribution in [0.25, 0.3) is 0 Å². The molecule has 0 N–H and O–H groups in total. The Kier molecular flexibility index (Phi) is 3.16. The molecule has 0 saturated heterocycles. The third kappa shape index (κ3) is 2.27. The van der Waals surface area contributed by atoms with Crippen molar-refractivity contribution < 1.29 is 0 Å². The van der Waals surface area contributed by atoms with E-state index in [9.17, 15) is 0 Å². The summed E-state index contributed by atoms with van der Waals surface area (Å²) in [6.45, 7) is 2.09. The normalized spacial score (nSPS) is 9.80. The molecule has 0 spiro atoms. The lowest BCUT2D eigenvalue weighted by Gasteiger charge is -1.96. The van der Waals surface area contributed by atoms with Gasteiger partial charge in [-0.05, 0) is 12.5 Å². The van der Waals surface area contributed by atoms with Gasteiger partial charge in [-0.3, -0.25) is 0 Å². The lowest BCUT2D eigenvalue weighted by Crippen LogP contribution is -1.77. The van der Waals surface area contributed by atoms with Crippen LogP contribution in [0, 0.1) is 6.92 Å². The van der Waals surface area contributed by atoms with E-state index in [-0.39, 0.29) is 0 Å². The van der Waals surface area contributed by atoms with Crippen LogP contribution in [0.3, 0.4) is 0 Å². The maximum absolute atomic E-state index is 4.07.